The summed E-state index contributed by atoms with van der Waals surface area (Å²) in [4.78, 5) is 82.5. The normalized spacial score (nSPS) is 13.2. The summed E-state index contributed by atoms with van der Waals surface area (Å²) < 4.78 is 119. The second-order valence-corrected chi connectivity index (χ2v) is 7.19. The topological polar surface area (TPSA) is 208 Å². The molecule has 0 radical (unpaired) electrons. The molecule has 0 fully saturated rings. The molecule has 0 aliphatic rings. The number of alkyl halides is 9. The average Bonchev–Trinajstić information content (AvgIpc) is 2.88. The van der Waals surface area contributed by atoms with Crippen LogP contribution in [0.15, 0.2) is 24.3 Å². The zero-order chi connectivity index (χ0) is 33.2. The molecule has 0 saturated heterocycles. The number of hydroxylamine groups is 2. The van der Waals surface area contributed by atoms with Crippen molar-refractivity contribution in [2.45, 2.75) is 37.2 Å². The number of para-hydroxylation sites is 1. The van der Waals surface area contributed by atoms with E-state index in [1.807, 2.05) is 0 Å². The predicted octanol–water partition coefficient (Wildman–Crippen LogP) is 0.115. The maximum absolute atomic E-state index is 12.5. The molecule has 0 saturated carbocycles. The lowest BCUT2D eigenvalue weighted by Gasteiger charge is -2.18. The van der Waals surface area contributed by atoms with Crippen LogP contribution in [0, 0.1) is 0 Å². The molecular formula is C19H14F9N3O12. The standard InChI is InChI=1S/C19H14F9N3O12/c20-17(21,22)14(35)38-9-4-2-1-3-7(9)5-8(29)12(33)40-31-11(13(34)42-43-16(37)19(26,27)28)39-10(32)6-30-41-15(36)18(23,24)25/h1-4,8,11,30-31H,5-6,29H2. The fraction of sp³-hybridized carbons (Fsp3) is 0.368. The fourth-order valence-corrected chi connectivity index (χ4v) is 2.12. The van der Waals surface area contributed by atoms with E-state index in [-0.39, 0.29) is 5.56 Å². The first kappa shape index (κ1) is 36.3. The van der Waals surface area contributed by atoms with Gasteiger partial charge in [-0.05, 0) is 11.6 Å². The van der Waals surface area contributed by atoms with Gasteiger partial charge in [0.15, 0.2) is 0 Å². The van der Waals surface area contributed by atoms with Gasteiger partial charge >= 0.3 is 54.3 Å². The van der Waals surface area contributed by atoms with Crippen molar-refractivity contribution in [2.75, 3.05) is 6.54 Å². The Labute approximate surface area is 230 Å². The van der Waals surface area contributed by atoms with Gasteiger partial charge in [0, 0.05) is 6.42 Å². The van der Waals surface area contributed by atoms with Crippen LogP contribution in [0.1, 0.15) is 5.56 Å². The van der Waals surface area contributed by atoms with Crippen molar-refractivity contribution in [1.29, 1.82) is 0 Å². The second-order valence-electron chi connectivity index (χ2n) is 7.19. The summed E-state index contributed by atoms with van der Waals surface area (Å²) in [6.07, 6.45) is -20.2. The third-order valence-corrected chi connectivity index (χ3v) is 3.92. The lowest BCUT2D eigenvalue weighted by molar-refractivity contribution is -0.292. The monoisotopic (exact) mass is 647 g/mol. The molecule has 4 N–H and O–H groups in total. The number of benzene rings is 1. The quantitative estimate of drug-likeness (QED) is 0.0554. The van der Waals surface area contributed by atoms with Gasteiger partial charge in [-0.1, -0.05) is 18.2 Å². The molecule has 24 heteroatoms. The molecule has 1 aromatic carbocycles. The first-order chi connectivity index (χ1) is 19.6. The number of hydrogen-bond donors (Lipinski definition) is 3. The van der Waals surface area contributed by atoms with E-state index in [0.717, 1.165) is 23.7 Å². The highest BCUT2D eigenvalue weighted by Crippen LogP contribution is 2.24. The lowest BCUT2D eigenvalue weighted by Crippen LogP contribution is -2.47. The van der Waals surface area contributed by atoms with E-state index in [4.69, 9.17) is 5.73 Å². The van der Waals surface area contributed by atoms with Gasteiger partial charge in [-0.15, -0.1) is 11.0 Å². The van der Waals surface area contributed by atoms with Crippen molar-refractivity contribution in [1.82, 2.24) is 11.0 Å². The summed E-state index contributed by atoms with van der Waals surface area (Å²) in [5.41, 5.74) is 7.71. The molecule has 2 atom stereocenters. The Morgan fingerprint density at radius 1 is 0.744 bits per heavy atom. The SMILES string of the molecule is NC(Cc1ccccc1OC(=O)C(F)(F)F)C(=O)ONC(OC(=O)CNOC(=O)C(F)(F)F)C(=O)OOC(=O)C(F)(F)F. The van der Waals surface area contributed by atoms with Crippen molar-refractivity contribution in [2.24, 2.45) is 5.73 Å². The molecule has 0 aliphatic carbocycles. The zero-order valence-corrected chi connectivity index (χ0v) is 20.3. The van der Waals surface area contributed by atoms with Gasteiger partial charge in [0.1, 0.15) is 18.3 Å². The number of carbonyl (C=O) groups excluding carboxylic acids is 6. The zero-order valence-electron chi connectivity index (χ0n) is 20.3. The van der Waals surface area contributed by atoms with E-state index in [9.17, 15) is 68.3 Å². The molecule has 0 spiro atoms. The number of nitrogens with one attached hydrogen (secondary N) is 2. The van der Waals surface area contributed by atoms with E-state index in [1.54, 1.807) is 0 Å². The number of hydrogen-bond acceptors (Lipinski definition) is 15. The van der Waals surface area contributed by atoms with Crippen LogP contribution in [0.25, 0.3) is 0 Å². The molecule has 2 unspecified atom stereocenters. The molecule has 0 amide bonds. The van der Waals surface area contributed by atoms with Gasteiger partial charge in [0.25, 0.3) is 6.23 Å². The van der Waals surface area contributed by atoms with Crippen LogP contribution < -0.4 is 21.4 Å². The highest BCUT2D eigenvalue weighted by molar-refractivity contribution is 5.82. The first-order valence-electron chi connectivity index (χ1n) is 10.4. The molecule has 0 heterocycles. The Kier molecular flexibility index (Phi) is 12.6. The van der Waals surface area contributed by atoms with Crippen molar-refractivity contribution in [3.05, 3.63) is 29.8 Å². The molecule has 240 valence electrons. The van der Waals surface area contributed by atoms with Crippen LogP contribution in [-0.4, -0.2) is 73.2 Å². The summed E-state index contributed by atoms with van der Waals surface area (Å²) in [7, 11) is 0. The maximum atomic E-state index is 12.5. The third kappa shape index (κ3) is 12.8. The molecule has 0 bridgehead atoms. The second kappa shape index (κ2) is 15.0. The van der Waals surface area contributed by atoms with Gasteiger partial charge in [-0.3, -0.25) is 4.79 Å². The van der Waals surface area contributed by atoms with Crippen molar-refractivity contribution in [3.63, 3.8) is 0 Å². The summed E-state index contributed by atoms with van der Waals surface area (Å²) in [6, 6.07) is 2.45. The summed E-state index contributed by atoms with van der Waals surface area (Å²) in [5.74, 6) is -15.0. The lowest BCUT2D eigenvalue weighted by atomic mass is 10.1. The van der Waals surface area contributed by atoms with Crippen LogP contribution >= 0.6 is 0 Å². The fourth-order valence-electron chi connectivity index (χ4n) is 2.12. The van der Waals surface area contributed by atoms with Gasteiger partial charge in [0.05, 0.1) is 0 Å². The Morgan fingerprint density at radius 2 is 1.30 bits per heavy atom. The largest absolute Gasteiger partial charge is 0.495 e. The van der Waals surface area contributed by atoms with E-state index in [0.29, 0.717) is 0 Å². The highest BCUT2D eigenvalue weighted by Gasteiger charge is 2.44. The summed E-state index contributed by atoms with van der Waals surface area (Å²) in [6.45, 7) is -1.48. The average molecular weight is 647 g/mol. The van der Waals surface area contributed by atoms with Gasteiger partial charge in [-0.2, -0.15) is 39.5 Å². The number of halogens is 9. The minimum absolute atomic E-state index is 0.273. The number of ether oxygens (including phenoxy) is 2. The van der Waals surface area contributed by atoms with Gasteiger partial charge in [-0.25, -0.2) is 33.7 Å². The molecule has 43 heavy (non-hydrogen) atoms. The smallest absolute Gasteiger partial charge is 0.431 e. The van der Waals surface area contributed by atoms with Crippen LogP contribution in [0.2, 0.25) is 0 Å². The first-order valence-corrected chi connectivity index (χ1v) is 10.4. The van der Waals surface area contributed by atoms with Crippen LogP contribution in [0.3, 0.4) is 0 Å². The molecular weight excluding hydrogens is 633 g/mol. The number of esters is 2. The van der Waals surface area contributed by atoms with Crippen molar-refractivity contribution >= 4 is 35.8 Å². The molecule has 1 rings (SSSR count). The van der Waals surface area contributed by atoms with E-state index in [1.165, 1.54) is 11.5 Å². The minimum Gasteiger partial charge on any atom is -0.431 e. The molecule has 15 nitrogen and oxygen atoms in total. The molecule has 1 aromatic rings. The number of nitrogens with two attached hydrogens (primary N) is 1. The molecule has 0 aliphatic heterocycles. The highest BCUT2D eigenvalue weighted by atomic mass is 19.4. The molecule has 0 aromatic heterocycles. The van der Waals surface area contributed by atoms with Crippen LogP contribution in [0.4, 0.5) is 39.5 Å². The Balaban J connectivity index is 2.91. The summed E-state index contributed by atoms with van der Waals surface area (Å²) >= 11 is 0. The van der Waals surface area contributed by atoms with E-state index < -0.39 is 85.3 Å². The summed E-state index contributed by atoms with van der Waals surface area (Å²) in [5, 5.41) is 0. The van der Waals surface area contributed by atoms with Crippen molar-refractivity contribution in [3.8, 4) is 5.75 Å². The van der Waals surface area contributed by atoms with Crippen molar-refractivity contribution < 1.29 is 97.2 Å². The maximum Gasteiger partial charge on any atom is 0.495 e. The van der Waals surface area contributed by atoms with Crippen LogP contribution in [-0.2, 0) is 59.4 Å². The third-order valence-electron chi connectivity index (χ3n) is 3.92. The van der Waals surface area contributed by atoms with Gasteiger partial charge < -0.3 is 24.9 Å². The van der Waals surface area contributed by atoms with Gasteiger partial charge in [0.2, 0.25) is 0 Å². The Bertz CT molecular complexity index is 1200. The number of rotatable bonds is 11. The van der Waals surface area contributed by atoms with E-state index >= 15 is 0 Å². The Hall–Kier alpha value is -4.71. The minimum atomic E-state index is -5.70. The Morgan fingerprint density at radius 3 is 1.86 bits per heavy atom. The predicted molar refractivity (Wildman–Crippen MR) is 107 cm³/mol. The van der Waals surface area contributed by atoms with Crippen LogP contribution in [0.5, 0.6) is 5.75 Å². The van der Waals surface area contributed by atoms with E-state index in [2.05, 4.69) is 28.9 Å². The number of carbonyl (C=O) groups is 6.